The average Bonchev–Trinajstić information content (AvgIpc) is 3.21. The molecule has 0 bridgehead atoms. The van der Waals surface area contributed by atoms with Crippen molar-refractivity contribution in [1.29, 1.82) is 0 Å². The topological polar surface area (TPSA) is 110 Å². The zero-order chi connectivity index (χ0) is 20.9. The number of anilines is 2. The Morgan fingerprint density at radius 1 is 1.17 bits per heavy atom. The summed E-state index contributed by atoms with van der Waals surface area (Å²) in [5.74, 6) is -0.456. The Bertz CT molecular complexity index is 1050. The summed E-state index contributed by atoms with van der Waals surface area (Å²) in [6.07, 6.45) is 0.615. The summed E-state index contributed by atoms with van der Waals surface area (Å²) >= 11 is 1.28. The molecule has 10 heteroatoms. The fourth-order valence-corrected chi connectivity index (χ4v) is 3.98. The van der Waals surface area contributed by atoms with Gasteiger partial charge in [-0.15, -0.1) is 10.2 Å². The molecule has 3 aromatic rings. The molecule has 30 heavy (non-hydrogen) atoms. The van der Waals surface area contributed by atoms with Crippen LogP contribution in [0.15, 0.2) is 48.5 Å². The van der Waals surface area contributed by atoms with Crippen molar-refractivity contribution >= 4 is 33.8 Å². The Morgan fingerprint density at radius 3 is 2.67 bits per heavy atom. The quantitative estimate of drug-likeness (QED) is 0.477. The van der Waals surface area contributed by atoms with E-state index >= 15 is 0 Å². The summed E-state index contributed by atoms with van der Waals surface area (Å²) in [4.78, 5) is 25.7. The summed E-state index contributed by atoms with van der Waals surface area (Å²) in [7, 11) is 0. The Balaban J connectivity index is 1.55. The number of nitro groups is 1. The van der Waals surface area contributed by atoms with Crippen LogP contribution in [0, 0.1) is 10.1 Å². The molecule has 2 aromatic carbocycles. The van der Waals surface area contributed by atoms with Crippen LogP contribution in [0.5, 0.6) is 0 Å². The van der Waals surface area contributed by atoms with Crippen LogP contribution in [0.25, 0.3) is 0 Å². The number of amides is 1. The molecule has 0 aliphatic carbocycles. The molecule has 0 unspecified atom stereocenters. The smallest absolute Gasteiger partial charge is 0.270 e. The van der Waals surface area contributed by atoms with Crippen LogP contribution in [-0.4, -0.2) is 47.3 Å². The standard InChI is InChI=1S/C20H19N5O4S/c26-19(21-20-23-22-18(30-20)12-14-4-2-1-3-5-14)16-13-15(25(27)28)6-7-17(16)24-8-10-29-11-9-24/h1-7,13H,8-12H2,(H,21,23,26). The van der Waals surface area contributed by atoms with E-state index in [1.54, 1.807) is 6.07 Å². The number of rotatable bonds is 6. The van der Waals surface area contributed by atoms with Crippen LogP contribution < -0.4 is 10.2 Å². The van der Waals surface area contributed by atoms with Crippen molar-refractivity contribution in [3.8, 4) is 0 Å². The van der Waals surface area contributed by atoms with E-state index in [4.69, 9.17) is 4.74 Å². The number of non-ortho nitro benzene ring substituents is 1. The number of hydrogen-bond acceptors (Lipinski definition) is 8. The zero-order valence-corrected chi connectivity index (χ0v) is 16.8. The van der Waals surface area contributed by atoms with Gasteiger partial charge in [-0.05, 0) is 11.6 Å². The monoisotopic (exact) mass is 425 g/mol. The molecule has 1 fully saturated rings. The van der Waals surface area contributed by atoms with Gasteiger partial charge in [-0.25, -0.2) is 0 Å². The molecule has 0 atom stereocenters. The highest BCUT2D eigenvalue weighted by Gasteiger charge is 2.23. The number of nitrogens with zero attached hydrogens (tertiary/aromatic N) is 4. The first-order chi connectivity index (χ1) is 14.6. The molecule has 1 N–H and O–H groups in total. The number of morpholine rings is 1. The van der Waals surface area contributed by atoms with E-state index in [1.165, 1.54) is 23.5 Å². The predicted molar refractivity (Wildman–Crippen MR) is 113 cm³/mol. The zero-order valence-electron chi connectivity index (χ0n) is 16.0. The number of nitrogens with one attached hydrogen (secondary N) is 1. The molecule has 9 nitrogen and oxygen atoms in total. The van der Waals surface area contributed by atoms with E-state index < -0.39 is 10.8 Å². The molecule has 154 valence electrons. The molecule has 1 aliphatic rings. The summed E-state index contributed by atoms with van der Waals surface area (Å²) in [5, 5.41) is 23.3. The first kappa shape index (κ1) is 19.9. The summed E-state index contributed by atoms with van der Waals surface area (Å²) in [6.45, 7) is 2.30. The Morgan fingerprint density at radius 2 is 1.93 bits per heavy atom. The van der Waals surface area contributed by atoms with E-state index in [0.717, 1.165) is 10.6 Å². The number of aromatic nitrogens is 2. The lowest BCUT2D eigenvalue weighted by atomic mass is 10.1. The first-order valence-electron chi connectivity index (χ1n) is 9.39. The second-order valence-electron chi connectivity index (χ2n) is 6.68. The van der Waals surface area contributed by atoms with E-state index in [9.17, 15) is 14.9 Å². The maximum Gasteiger partial charge on any atom is 0.270 e. The van der Waals surface area contributed by atoms with Crippen LogP contribution in [0.3, 0.4) is 0 Å². The van der Waals surface area contributed by atoms with Gasteiger partial charge < -0.3 is 9.64 Å². The number of ether oxygens (including phenoxy) is 1. The van der Waals surface area contributed by atoms with Gasteiger partial charge in [0, 0.05) is 31.6 Å². The van der Waals surface area contributed by atoms with Gasteiger partial charge in [0.25, 0.3) is 11.6 Å². The molecule has 1 aromatic heterocycles. The third kappa shape index (κ3) is 4.61. The molecule has 0 spiro atoms. The molecule has 1 amide bonds. The van der Waals surface area contributed by atoms with E-state index in [0.29, 0.717) is 43.5 Å². The van der Waals surface area contributed by atoms with Gasteiger partial charge in [-0.2, -0.15) is 0 Å². The highest BCUT2D eigenvalue weighted by atomic mass is 32.1. The van der Waals surface area contributed by atoms with Gasteiger partial charge in [-0.1, -0.05) is 41.7 Å². The fourth-order valence-electron chi connectivity index (χ4n) is 3.21. The van der Waals surface area contributed by atoms with Crippen LogP contribution in [0.1, 0.15) is 20.9 Å². The van der Waals surface area contributed by atoms with E-state index in [-0.39, 0.29) is 11.3 Å². The highest BCUT2D eigenvalue weighted by molar-refractivity contribution is 7.15. The molecule has 1 saturated heterocycles. The van der Waals surface area contributed by atoms with Crippen molar-refractivity contribution in [1.82, 2.24) is 10.2 Å². The Labute approximate surface area is 176 Å². The van der Waals surface area contributed by atoms with Crippen LogP contribution in [-0.2, 0) is 11.2 Å². The van der Waals surface area contributed by atoms with Crippen molar-refractivity contribution in [2.45, 2.75) is 6.42 Å². The number of nitro benzene ring substituents is 1. The van der Waals surface area contributed by atoms with Crippen LogP contribution >= 0.6 is 11.3 Å². The molecule has 0 radical (unpaired) electrons. The van der Waals surface area contributed by atoms with Crippen molar-refractivity contribution in [3.63, 3.8) is 0 Å². The second-order valence-corrected chi connectivity index (χ2v) is 7.74. The Kier molecular flexibility index (Phi) is 5.96. The minimum atomic E-state index is -0.511. The van der Waals surface area contributed by atoms with E-state index in [2.05, 4.69) is 15.5 Å². The predicted octanol–water partition coefficient (Wildman–Crippen LogP) is 3.13. The molecular formula is C20H19N5O4S. The number of carbonyl (C=O) groups excluding carboxylic acids is 1. The molecule has 4 rings (SSSR count). The lowest BCUT2D eigenvalue weighted by molar-refractivity contribution is -0.384. The number of benzene rings is 2. The van der Waals surface area contributed by atoms with Crippen LogP contribution in [0.4, 0.5) is 16.5 Å². The number of hydrogen-bond donors (Lipinski definition) is 1. The normalized spacial score (nSPS) is 13.8. The molecular weight excluding hydrogens is 406 g/mol. The second kappa shape index (κ2) is 8.97. The van der Waals surface area contributed by atoms with Crippen molar-refractivity contribution in [2.75, 3.05) is 36.5 Å². The summed E-state index contributed by atoms with van der Waals surface area (Å²) in [5.41, 5.74) is 1.82. The van der Waals surface area contributed by atoms with E-state index in [1.807, 2.05) is 35.2 Å². The van der Waals surface area contributed by atoms with Gasteiger partial charge in [0.15, 0.2) is 0 Å². The van der Waals surface area contributed by atoms with Gasteiger partial charge >= 0.3 is 0 Å². The lowest BCUT2D eigenvalue weighted by Gasteiger charge is -2.30. The van der Waals surface area contributed by atoms with Crippen molar-refractivity contribution < 1.29 is 14.5 Å². The fraction of sp³-hybridized carbons (Fsp3) is 0.250. The minimum Gasteiger partial charge on any atom is -0.378 e. The Hall–Kier alpha value is -3.37. The maximum absolute atomic E-state index is 13.0. The van der Waals surface area contributed by atoms with Gasteiger partial charge in [0.05, 0.1) is 29.4 Å². The highest BCUT2D eigenvalue weighted by Crippen LogP contribution is 2.28. The largest absolute Gasteiger partial charge is 0.378 e. The van der Waals surface area contributed by atoms with Gasteiger partial charge in [-0.3, -0.25) is 20.2 Å². The SMILES string of the molecule is O=C(Nc1nnc(Cc2ccccc2)s1)c1cc([N+](=O)[O-])ccc1N1CCOCC1. The minimum absolute atomic E-state index is 0.140. The third-order valence-corrected chi connectivity index (χ3v) is 5.51. The summed E-state index contributed by atoms with van der Waals surface area (Å²) in [6, 6.07) is 14.2. The van der Waals surface area contributed by atoms with Crippen LogP contribution in [0.2, 0.25) is 0 Å². The number of carbonyl (C=O) groups is 1. The van der Waals surface area contributed by atoms with Gasteiger partial charge in [0.2, 0.25) is 5.13 Å². The van der Waals surface area contributed by atoms with Crippen molar-refractivity contribution in [2.24, 2.45) is 0 Å². The molecule has 0 saturated carbocycles. The van der Waals surface area contributed by atoms with Crippen molar-refractivity contribution in [3.05, 3.63) is 74.8 Å². The summed E-state index contributed by atoms with van der Waals surface area (Å²) < 4.78 is 5.36. The molecule has 2 heterocycles. The maximum atomic E-state index is 13.0. The average molecular weight is 425 g/mol. The molecule has 1 aliphatic heterocycles. The first-order valence-corrected chi connectivity index (χ1v) is 10.2. The van der Waals surface area contributed by atoms with Gasteiger partial charge in [0.1, 0.15) is 5.01 Å². The lowest BCUT2D eigenvalue weighted by Crippen LogP contribution is -2.37. The third-order valence-electron chi connectivity index (χ3n) is 4.67.